The van der Waals surface area contributed by atoms with E-state index in [0.717, 1.165) is 12.0 Å². The van der Waals surface area contributed by atoms with E-state index in [2.05, 4.69) is 11.8 Å². The van der Waals surface area contributed by atoms with E-state index in [1.54, 1.807) is 0 Å². The van der Waals surface area contributed by atoms with Gasteiger partial charge in [-0.25, -0.2) is 0 Å². The van der Waals surface area contributed by atoms with Gasteiger partial charge >= 0.3 is 0 Å². The zero-order valence-corrected chi connectivity index (χ0v) is 8.71. The molecule has 0 aromatic heterocycles. The predicted molar refractivity (Wildman–Crippen MR) is 55.6 cm³/mol. The van der Waals surface area contributed by atoms with Crippen molar-refractivity contribution in [3.63, 3.8) is 0 Å². The molecule has 0 amide bonds. The van der Waals surface area contributed by atoms with Crippen LogP contribution in [0.4, 0.5) is 0 Å². The highest BCUT2D eigenvalue weighted by Gasteiger charge is 2.41. The van der Waals surface area contributed by atoms with Crippen LogP contribution in [0.3, 0.4) is 0 Å². The smallest absolute Gasteiger partial charge is 0.0127 e. The molecular formula is C11H22N2. The SMILES string of the molecule is CCCC1CC1N1CCC(N)CC1. The lowest BCUT2D eigenvalue weighted by atomic mass is 10.1. The molecule has 2 rings (SSSR count). The van der Waals surface area contributed by atoms with Crippen molar-refractivity contribution in [3.05, 3.63) is 0 Å². The minimum Gasteiger partial charge on any atom is -0.328 e. The lowest BCUT2D eigenvalue weighted by Gasteiger charge is -2.30. The van der Waals surface area contributed by atoms with Crippen molar-refractivity contribution in [2.45, 2.75) is 51.1 Å². The molecule has 2 nitrogen and oxygen atoms in total. The fraction of sp³-hybridized carbons (Fsp3) is 1.00. The van der Waals surface area contributed by atoms with Crippen molar-refractivity contribution in [1.29, 1.82) is 0 Å². The molecule has 0 aromatic carbocycles. The lowest BCUT2D eigenvalue weighted by molar-refractivity contribution is 0.194. The Morgan fingerprint density at radius 3 is 2.62 bits per heavy atom. The molecular weight excluding hydrogens is 160 g/mol. The second kappa shape index (κ2) is 3.97. The topological polar surface area (TPSA) is 29.3 Å². The molecule has 2 aliphatic rings. The van der Waals surface area contributed by atoms with E-state index in [1.807, 2.05) is 0 Å². The van der Waals surface area contributed by atoms with Crippen LogP contribution in [0.1, 0.15) is 39.0 Å². The largest absolute Gasteiger partial charge is 0.328 e. The Labute approximate surface area is 81.5 Å². The van der Waals surface area contributed by atoms with Gasteiger partial charge in [0.05, 0.1) is 0 Å². The van der Waals surface area contributed by atoms with Crippen molar-refractivity contribution in [2.24, 2.45) is 11.7 Å². The Morgan fingerprint density at radius 2 is 2.00 bits per heavy atom. The van der Waals surface area contributed by atoms with Gasteiger partial charge in [0.1, 0.15) is 0 Å². The first kappa shape index (κ1) is 9.47. The summed E-state index contributed by atoms with van der Waals surface area (Å²) in [5, 5.41) is 0. The van der Waals surface area contributed by atoms with E-state index in [4.69, 9.17) is 5.73 Å². The average Bonchev–Trinajstić information content (AvgIpc) is 2.86. The first-order chi connectivity index (χ1) is 6.31. The number of nitrogens with zero attached hydrogens (tertiary/aromatic N) is 1. The standard InChI is InChI=1S/C11H22N2/c1-2-3-9-8-11(9)13-6-4-10(12)5-7-13/h9-11H,2-8,12H2,1H3. The number of nitrogens with two attached hydrogens (primary N) is 1. The third kappa shape index (κ3) is 2.23. The second-order valence-electron chi connectivity index (χ2n) is 4.73. The van der Waals surface area contributed by atoms with Gasteiger partial charge < -0.3 is 5.73 Å². The van der Waals surface area contributed by atoms with E-state index in [9.17, 15) is 0 Å². The van der Waals surface area contributed by atoms with Crippen LogP contribution < -0.4 is 5.73 Å². The van der Waals surface area contributed by atoms with Crippen molar-refractivity contribution in [1.82, 2.24) is 4.90 Å². The summed E-state index contributed by atoms with van der Waals surface area (Å²) in [6.45, 7) is 4.81. The van der Waals surface area contributed by atoms with Gasteiger partial charge in [-0.05, 0) is 44.7 Å². The zero-order chi connectivity index (χ0) is 9.26. The molecule has 0 radical (unpaired) electrons. The normalized spacial score (nSPS) is 36.5. The quantitative estimate of drug-likeness (QED) is 0.718. The van der Waals surface area contributed by atoms with Gasteiger partial charge in [0.15, 0.2) is 0 Å². The molecule has 0 bridgehead atoms. The van der Waals surface area contributed by atoms with Crippen LogP contribution in [0.25, 0.3) is 0 Å². The summed E-state index contributed by atoms with van der Waals surface area (Å²) in [5.41, 5.74) is 5.88. The molecule has 2 fully saturated rings. The number of hydrogen-bond donors (Lipinski definition) is 1. The van der Waals surface area contributed by atoms with E-state index in [0.29, 0.717) is 6.04 Å². The summed E-state index contributed by atoms with van der Waals surface area (Å²) < 4.78 is 0. The molecule has 76 valence electrons. The number of likely N-dealkylation sites (tertiary alicyclic amines) is 1. The Bertz CT molecular complexity index is 161. The summed E-state index contributed by atoms with van der Waals surface area (Å²) in [7, 11) is 0. The average molecular weight is 182 g/mol. The fourth-order valence-electron chi connectivity index (χ4n) is 2.61. The van der Waals surface area contributed by atoms with Crippen LogP contribution in [-0.2, 0) is 0 Å². The summed E-state index contributed by atoms with van der Waals surface area (Å²) in [5.74, 6) is 1.03. The maximum Gasteiger partial charge on any atom is 0.0127 e. The lowest BCUT2D eigenvalue weighted by Crippen LogP contribution is -2.41. The first-order valence-corrected chi connectivity index (χ1v) is 5.81. The van der Waals surface area contributed by atoms with Gasteiger partial charge in [-0.1, -0.05) is 13.3 Å². The summed E-state index contributed by atoms with van der Waals surface area (Å²) in [6, 6.07) is 1.42. The predicted octanol–water partition coefficient (Wildman–Crippen LogP) is 1.60. The third-order valence-electron chi connectivity index (χ3n) is 3.59. The van der Waals surface area contributed by atoms with Crippen LogP contribution >= 0.6 is 0 Å². The maximum absolute atomic E-state index is 5.88. The molecule has 0 spiro atoms. The minimum absolute atomic E-state index is 0.486. The molecule has 0 aromatic rings. The molecule has 2 heteroatoms. The molecule has 2 atom stereocenters. The van der Waals surface area contributed by atoms with Crippen molar-refractivity contribution < 1.29 is 0 Å². The molecule has 2 unspecified atom stereocenters. The minimum atomic E-state index is 0.486. The zero-order valence-electron chi connectivity index (χ0n) is 8.71. The van der Waals surface area contributed by atoms with Crippen LogP contribution in [0.15, 0.2) is 0 Å². The summed E-state index contributed by atoms with van der Waals surface area (Å²) >= 11 is 0. The molecule has 1 aliphatic heterocycles. The van der Waals surface area contributed by atoms with E-state index in [-0.39, 0.29) is 0 Å². The monoisotopic (exact) mass is 182 g/mol. The van der Waals surface area contributed by atoms with Crippen molar-refractivity contribution in [3.8, 4) is 0 Å². The van der Waals surface area contributed by atoms with Crippen LogP contribution in [0, 0.1) is 5.92 Å². The molecule has 1 heterocycles. The van der Waals surface area contributed by atoms with E-state index < -0.39 is 0 Å². The third-order valence-corrected chi connectivity index (χ3v) is 3.59. The van der Waals surface area contributed by atoms with Crippen LogP contribution in [0.2, 0.25) is 0 Å². The molecule has 2 N–H and O–H groups in total. The van der Waals surface area contributed by atoms with Crippen molar-refractivity contribution >= 4 is 0 Å². The first-order valence-electron chi connectivity index (χ1n) is 5.81. The van der Waals surface area contributed by atoms with E-state index in [1.165, 1.54) is 45.2 Å². The molecule has 1 saturated heterocycles. The highest BCUT2D eigenvalue weighted by molar-refractivity contribution is 4.96. The van der Waals surface area contributed by atoms with Crippen LogP contribution in [0.5, 0.6) is 0 Å². The number of hydrogen-bond acceptors (Lipinski definition) is 2. The fourth-order valence-corrected chi connectivity index (χ4v) is 2.61. The Balaban J connectivity index is 1.71. The van der Waals surface area contributed by atoms with Gasteiger partial charge in [0.2, 0.25) is 0 Å². The van der Waals surface area contributed by atoms with Gasteiger partial charge in [-0.15, -0.1) is 0 Å². The van der Waals surface area contributed by atoms with Gasteiger partial charge in [0.25, 0.3) is 0 Å². The number of piperidine rings is 1. The van der Waals surface area contributed by atoms with Gasteiger partial charge in [-0.2, -0.15) is 0 Å². The highest BCUT2D eigenvalue weighted by atomic mass is 15.2. The van der Waals surface area contributed by atoms with E-state index >= 15 is 0 Å². The van der Waals surface area contributed by atoms with Crippen molar-refractivity contribution in [2.75, 3.05) is 13.1 Å². The summed E-state index contributed by atoms with van der Waals surface area (Å²) in [6.07, 6.45) is 6.69. The Morgan fingerprint density at radius 1 is 1.31 bits per heavy atom. The molecule has 1 aliphatic carbocycles. The maximum atomic E-state index is 5.88. The Kier molecular flexibility index (Phi) is 2.89. The Hall–Kier alpha value is -0.0800. The van der Waals surface area contributed by atoms with Gasteiger partial charge in [-0.3, -0.25) is 4.90 Å². The van der Waals surface area contributed by atoms with Gasteiger partial charge in [0, 0.05) is 12.1 Å². The molecule has 1 saturated carbocycles. The summed E-state index contributed by atoms with van der Waals surface area (Å²) in [4.78, 5) is 2.67. The molecule has 13 heavy (non-hydrogen) atoms. The second-order valence-corrected chi connectivity index (χ2v) is 4.73. The van der Waals surface area contributed by atoms with Crippen LogP contribution in [-0.4, -0.2) is 30.1 Å². The number of rotatable bonds is 3. The highest BCUT2D eigenvalue weighted by Crippen LogP contribution is 2.40.